The Kier molecular flexibility index (Phi) is 6.73. The van der Waals surface area contributed by atoms with Gasteiger partial charge < -0.3 is 14.4 Å². The number of thiophene rings is 1. The summed E-state index contributed by atoms with van der Waals surface area (Å²) < 4.78 is 11.0. The summed E-state index contributed by atoms with van der Waals surface area (Å²) in [4.78, 5) is 27.1. The number of hydrogen-bond acceptors (Lipinski definition) is 5. The summed E-state index contributed by atoms with van der Waals surface area (Å²) >= 11 is 1.45. The van der Waals surface area contributed by atoms with Crippen molar-refractivity contribution in [1.29, 1.82) is 0 Å². The topological polar surface area (TPSA) is 55.8 Å². The zero-order valence-corrected chi connectivity index (χ0v) is 17.5. The molecule has 5 nitrogen and oxygen atoms in total. The van der Waals surface area contributed by atoms with Crippen molar-refractivity contribution in [3.05, 3.63) is 51.2 Å². The van der Waals surface area contributed by atoms with Crippen molar-refractivity contribution in [3.63, 3.8) is 0 Å². The Hall–Kier alpha value is -2.34. The van der Waals surface area contributed by atoms with Crippen molar-refractivity contribution in [2.75, 3.05) is 19.7 Å². The van der Waals surface area contributed by atoms with E-state index in [4.69, 9.17) is 9.47 Å². The number of aryl methyl sites for hydroxylation is 2. The Morgan fingerprint density at radius 1 is 1.11 bits per heavy atom. The number of nitrogens with zero attached hydrogens (tertiary/aromatic N) is 1. The minimum absolute atomic E-state index is 0.0324. The number of benzene rings is 1. The van der Waals surface area contributed by atoms with Gasteiger partial charge in [0, 0.05) is 18.7 Å². The highest BCUT2D eigenvalue weighted by Gasteiger charge is 2.29. The summed E-state index contributed by atoms with van der Waals surface area (Å²) in [5.74, 6) is 0.646. The molecule has 1 fully saturated rings. The minimum Gasteiger partial charge on any atom is -0.489 e. The summed E-state index contributed by atoms with van der Waals surface area (Å²) in [6.07, 6.45) is 1.33. The molecule has 1 amide bonds. The van der Waals surface area contributed by atoms with Crippen LogP contribution in [-0.2, 0) is 16.1 Å². The van der Waals surface area contributed by atoms with Gasteiger partial charge in [0.1, 0.15) is 12.4 Å². The molecule has 1 aliphatic rings. The summed E-state index contributed by atoms with van der Waals surface area (Å²) in [6, 6.07) is 8.05. The van der Waals surface area contributed by atoms with Gasteiger partial charge in [-0.25, -0.2) is 0 Å². The molecule has 0 unspecified atom stereocenters. The Morgan fingerprint density at radius 3 is 2.43 bits per heavy atom. The lowest BCUT2D eigenvalue weighted by atomic mass is 9.97. The van der Waals surface area contributed by atoms with Crippen molar-refractivity contribution in [2.24, 2.45) is 5.92 Å². The van der Waals surface area contributed by atoms with Crippen LogP contribution in [0, 0.1) is 19.8 Å². The zero-order chi connectivity index (χ0) is 20.1. The van der Waals surface area contributed by atoms with E-state index < -0.39 is 0 Å². The van der Waals surface area contributed by atoms with Crippen molar-refractivity contribution < 1.29 is 19.1 Å². The van der Waals surface area contributed by atoms with Crippen LogP contribution in [0.3, 0.4) is 0 Å². The molecule has 0 radical (unpaired) electrons. The molecule has 0 spiro atoms. The number of hydrogen-bond donors (Lipinski definition) is 0. The highest BCUT2D eigenvalue weighted by molar-refractivity contribution is 7.12. The lowest BCUT2D eigenvalue weighted by Gasteiger charge is -2.30. The van der Waals surface area contributed by atoms with Crippen molar-refractivity contribution in [1.82, 2.24) is 4.90 Å². The van der Waals surface area contributed by atoms with Crippen LogP contribution in [0.1, 0.15) is 46.1 Å². The van der Waals surface area contributed by atoms with E-state index in [2.05, 4.69) is 6.07 Å². The Labute approximate surface area is 170 Å². The molecule has 0 atom stereocenters. The van der Waals surface area contributed by atoms with Gasteiger partial charge in [-0.05, 0) is 68.3 Å². The van der Waals surface area contributed by atoms with Gasteiger partial charge in [-0.3, -0.25) is 9.59 Å². The van der Waals surface area contributed by atoms with Gasteiger partial charge in [-0.15, -0.1) is 11.3 Å². The number of amides is 1. The number of ether oxygens (including phenoxy) is 2. The number of rotatable bonds is 6. The molecule has 0 N–H and O–H groups in total. The van der Waals surface area contributed by atoms with Crippen LogP contribution in [0.25, 0.3) is 0 Å². The number of piperidine rings is 1. The normalized spacial score (nSPS) is 14.8. The molecule has 6 heteroatoms. The minimum atomic E-state index is -0.142. The molecular weight excluding hydrogens is 374 g/mol. The summed E-state index contributed by atoms with van der Waals surface area (Å²) in [7, 11) is 0. The molecule has 3 rings (SSSR count). The highest BCUT2D eigenvalue weighted by Crippen LogP contribution is 2.24. The fourth-order valence-corrected chi connectivity index (χ4v) is 4.34. The Morgan fingerprint density at radius 2 is 1.79 bits per heavy atom. The first kappa shape index (κ1) is 20.4. The predicted molar refractivity (Wildman–Crippen MR) is 110 cm³/mol. The molecule has 1 aromatic heterocycles. The lowest BCUT2D eigenvalue weighted by Crippen LogP contribution is -2.40. The lowest BCUT2D eigenvalue weighted by molar-refractivity contribution is -0.149. The maximum atomic E-state index is 12.8. The standard InChI is InChI=1S/C22H27NO4S/c1-4-26-22(25)18-5-7-23(8-6-18)21(24)20-12-17(14-28-20)13-27-19-10-15(2)9-16(3)11-19/h9-12,14,18H,4-8,13H2,1-3H3. The highest BCUT2D eigenvalue weighted by atomic mass is 32.1. The third-order valence-electron chi connectivity index (χ3n) is 4.87. The van der Waals surface area contributed by atoms with Crippen LogP contribution in [0.4, 0.5) is 0 Å². The predicted octanol–water partition coefficient (Wildman–Crippen LogP) is 4.36. The zero-order valence-electron chi connectivity index (χ0n) is 16.7. The molecule has 1 aliphatic heterocycles. The molecule has 0 aliphatic carbocycles. The summed E-state index contributed by atoms with van der Waals surface area (Å²) in [5.41, 5.74) is 3.33. The molecule has 1 saturated heterocycles. The molecule has 2 aromatic rings. The van der Waals surface area contributed by atoms with Crippen molar-refractivity contribution in [2.45, 2.75) is 40.2 Å². The largest absolute Gasteiger partial charge is 0.489 e. The van der Waals surface area contributed by atoms with E-state index in [0.717, 1.165) is 11.3 Å². The van der Waals surface area contributed by atoms with Gasteiger partial charge in [-0.2, -0.15) is 0 Å². The van der Waals surface area contributed by atoms with Crippen LogP contribution in [-0.4, -0.2) is 36.5 Å². The van der Waals surface area contributed by atoms with E-state index in [-0.39, 0.29) is 17.8 Å². The van der Waals surface area contributed by atoms with Gasteiger partial charge in [0.05, 0.1) is 17.4 Å². The molecule has 0 bridgehead atoms. The Bertz CT molecular complexity index is 817. The third-order valence-corrected chi connectivity index (χ3v) is 5.83. The first-order chi connectivity index (χ1) is 13.5. The van der Waals surface area contributed by atoms with Crippen LogP contribution < -0.4 is 4.74 Å². The maximum Gasteiger partial charge on any atom is 0.309 e. The first-order valence-electron chi connectivity index (χ1n) is 9.70. The van der Waals surface area contributed by atoms with Gasteiger partial charge in [-0.1, -0.05) is 6.07 Å². The number of carbonyl (C=O) groups excluding carboxylic acids is 2. The van der Waals surface area contributed by atoms with Crippen molar-refractivity contribution in [3.8, 4) is 5.75 Å². The van der Waals surface area contributed by atoms with E-state index in [1.54, 1.807) is 0 Å². The van der Waals surface area contributed by atoms with E-state index >= 15 is 0 Å². The van der Waals surface area contributed by atoms with Gasteiger partial charge in [0.15, 0.2) is 0 Å². The second-order valence-corrected chi connectivity index (χ2v) is 8.16. The fourth-order valence-electron chi connectivity index (χ4n) is 3.48. The molecular formula is C22H27NO4S. The average molecular weight is 402 g/mol. The molecule has 0 saturated carbocycles. The van der Waals surface area contributed by atoms with Gasteiger partial charge in [0.2, 0.25) is 0 Å². The van der Waals surface area contributed by atoms with E-state index in [1.807, 2.05) is 49.3 Å². The fraction of sp³-hybridized carbons (Fsp3) is 0.455. The van der Waals surface area contributed by atoms with E-state index in [9.17, 15) is 9.59 Å². The number of likely N-dealkylation sites (tertiary alicyclic amines) is 1. The van der Waals surface area contributed by atoms with E-state index in [0.29, 0.717) is 44.0 Å². The SMILES string of the molecule is CCOC(=O)C1CCN(C(=O)c2cc(COc3cc(C)cc(C)c3)cs2)CC1. The molecule has 1 aromatic carbocycles. The maximum absolute atomic E-state index is 12.8. The van der Waals surface area contributed by atoms with Crippen LogP contribution in [0.2, 0.25) is 0 Å². The summed E-state index contributed by atoms with van der Waals surface area (Å²) in [6.45, 7) is 7.94. The molecule has 2 heterocycles. The second-order valence-electron chi connectivity index (χ2n) is 7.25. The van der Waals surface area contributed by atoms with Gasteiger partial charge >= 0.3 is 5.97 Å². The quantitative estimate of drug-likeness (QED) is 0.675. The van der Waals surface area contributed by atoms with Crippen LogP contribution in [0.15, 0.2) is 29.6 Å². The molecule has 28 heavy (non-hydrogen) atoms. The molecule has 150 valence electrons. The van der Waals surface area contributed by atoms with Crippen molar-refractivity contribution >= 4 is 23.2 Å². The van der Waals surface area contributed by atoms with Crippen LogP contribution >= 0.6 is 11.3 Å². The third kappa shape index (κ3) is 5.13. The number of esters is 1. The first-order valence-corrected chi connectivity index (χ1v) is 10.6. The van der Waals surface area contributed by atoms with Crippen LogP contribution in [0.5, 0.6) is 5.75 Å². The summed E-state index contributed by atoms with van der Waals surface area (Å²) in [5, 5.41) is 1.97. The van der Waals surface area contributed by atoms with E-state index in [1.165, 1.54) is 22.5 Å². The Balaban J connectivity index is 1.53. The number of carbonyl (C=O) groups is 2. The monoisotopic (exact) mass is 401 g/mol. The second kappa shape index (κ2) is 9.24. The average Bonchev–Trinajstić information content (AvgIpc) is 3.14. The van der Waals surface area contributed by atoms with Gasteiger partial charge in [0.25, 0.3) is 5.91 Å². The smallest absolute Gasteiger partial charge is 0.309 e.